The third-order valence-electron chi connectivity index (χ3n) is 4.21. The molecule has 1 aromatic heterocycles. The highest BCUT2D eigenvalue weighted by Gasteiger charge is 2.21. The number of hydrogen-bond acceptors (Lipinski definition) is 3. The first kappa shape index (κ1) is 20.0. The Bertz CT molecular complexity index is 719. The lowest BCUT2D eigenvalue weighted by Gasteiger charge is -2.26. The molecule has 1 heterocycles. The number of urea groups is 1. The number of ether oxygens (including phenoxy) is 1. The maximum absolute atomic E-state index is 12.9. The lowest BCUT2D eigenvalue weighted by Crippen LogP contribution is -2.37. The smallest absolute Gasteiger partial charge is 0.322 e. The van der Waals surface area contributed by atoms with Gasteiger partial charge in [0.15, 0.2) is 0 Å². The van der Waals surface area contributed by atoms with Gasteiger partial charge >= 0.3 is 6.03 Å². The molecule has 0 aliphatic heterocycles. The molecule has 6 nitrogen and oxygen atoms in total. The number of amides is 2. The van der Waals surface area contributed by atoms with Gasteiger partial charge in [-0.25, -0.2) is 4.79 Å². The van der Waals surface area contributed by atoms with Gasteiger partial charge in [-0.15, -0.1) is 0 Å². The molecule has 0 radical (unpaired) electrons. The molecule has 0 fully saturated rings. The highest BCUT2D eigenvalue weighted by atomic mass is 16.5. The topological polar surface area (TPSA) is 59.4 Å². The minimum absolute atomic E-state index is 0.0521. The van der Waals surface area contributed by atoms with Crippen LogP contribution in [0.5, 0.6) is 0 Å². The van der Waals surface area contributed by atoms with Crippen LogP contribution < -0.4 is 5.32 Å². The van der Waals surface area contributed by atoms with E-state index in [-0.39, 0.29) is 11.4 Å². The molecule has 0 aliphatic carbocycles. The molecular formula is C20H30N4O2. The summed E-state index contributed by atoms with van der Waals surface area (Å²) in [6.45, 7) is 10.7. The summed E-state index contributed by atoms with van der Waals surface area (Å²) in [5, 5.41) is 7.36. The van der Waals surface area contributed by atoms with Crippen molar-refractivity contribution in [2.24, 2.45) is 0 Å². The van der Waals surface area contributed by atoms with Crippen LogP contribution in [0.25, 0.3) is 0 Å². The van der Waals surface area contributed by atoms with Crippen LogP contribution in [0.4, 0.5) is 10.5 Å². The maximum atomic E-state index is 12.9. The predicted molar refractivity (Wildman–Crippen MR) is 104 cm³/mol. The number of aryl methyl sites for hydroxylation is 1. The van der Waals surface area contributed by atoms with Crippen LogP contribution in [0.2, 0.25) is 0 Å². The number of rotatable bonds is 7. The summed E-state index contributed by atoms with van der Waals surface area (Å²) in [7, 11) is 1.64. The zero-order chi connectivity index (χ0) is 19.2. The molecule has 6 heteroatoms. The van der Waals surface area contributed by atoms with Gasteiger partial charge in [0.25, 0.3) is 0 Å². The first-order chi connectivity index (χ1) is 12.3. The Morgan fingerprint density at radius 1 is 1.31 bits per heavy atom. The lowest BCUT2D eigenvalue weighted by atomic mass is 9.86. The zero-order valence-corrected chi connectivity index (χ0v) is 16.5. The average Bonchev–Trinajstić information content (AvgIpc) is 3.05. The number of hydrogen-bond donors (Lipinski definition) is 1. The molecule has 2 amide bonds. The first-order valence-corrected chi connectivity index (χ1v) is 9.01. The molecular weight excluding hydrogens is 328 g/mol. The second kappa shape index (κ2) is 8.85. The molecule has 0 atom stereocenters. The normalized spacial score (nSPS) is 11.4. The monoisotopic (exact) mass is 358 g/mol. The molecule has 0 aliphatic rings. The van der Waals surface area contributed by atoms with Crippen LogP contribution in [0.1, 0.15) is 38.8 Å². The highest BCUT2D eigenvalue weighted by Crippen LogP contribution is 2.29. The molecule has 0 saturated heterocycles. The van der Waals surface area contributed by atoms with Crippen molar-refractivity contribution in [3.63, 3.8) is 0 Å². The third kappa shape index (κ3) is 5.33. The molecule has 0 spiro atoms. The van der Waals surface area contributed by atoms with Gasteiger partial charge in [-0.05, 0) is 24.0 Å². The second-order valence-electron chi connectivity index (χ2n) is 7.34. The molecule has 142 valence electrons. The van der Waals surface area contributed by atoms with Crippen LogP contribution in [-0.4, -0.2) is 41.0 Å². The van der Waals surface area contributed by atoms with Crippen LogP contribution in [-0.2, 0) is 23.2 Å². The second-order valence-corrected chi connectivity index (χ2v) is 7.34. The van der Waals surface area contributed by atoms with Gasteiger partial charge in [0.1, 0.15) is 0 Å². The van der Waals surface area contributed by atoms with E-state index in [4.69, 9.17) is 4.74 Å². The fraction of sp³-hybridized carbons (Fsp3) is 0.500. The van der Waals surface area contributed by atoms with Crippen LogP contribution in [0, 0.1) is 0 Å². The van der Waals surface area contributed by atoms with Gasteiger partial charge in [-0.3, -0.25) is 4.68 Å². The van der Waals surface area contributed by atoms with Crippen molar-refractivity contribution in [2.75, 3.05) is 25.6 Å². The molecule has 26 heavy (non-hydrogen) atoms. The quantitative estimate of drug-likeness (QED) is 0.817. The lowest BCUT2D eigenvalue weighted by molar-refractivity contribution is 0.153. The van der Waals surface area contributed by atoms with Gasteiger partial charge in [0.05, 0.1) is 19.3 Å². The van der Waals surface area contributed by atoms with Crippen molar-refractivity contribution < 1.29 is 9.53 Å². The third-order valence-corrected chi connectivity index (χ3v) is 4.21. The molecule has 0 bridgehead atoms. The Balaban J connectivity index is 2.16. The number of para-hydroxylation sites is 1. The summed E-state index contributed by atoms with van der Waals surface area (Å²) in [6.07, 6.45) is 3.77. The molecule has 1 aromatic carbocycles. The van der Waals surface area contributed by atoms with Crippen molar-refractivity contribution in [2.45, 2.75) is 46.2 Å². The largest absolute Gasteiger partial charge is 0.383 e. The Morgan fingerprint density at radius 3 is 2.65 bits per heavy atom. The van der Waals surface area contributed by atoms with E-state index in [1.165, 1.54) is 0 Å². The number of anilines is 1. The summed E-state index contributed by atoms with van der Waals surface area (Å²) < 4.78 is 7.03. The Morgan fingerprint density at radius 2 is 2.04 bits per heavy atom. The van der Waals surface area contributed by atoms with E-state index in [0.29, 0.717) is 19.7 Å². The molecule has 2 rings (SSSR count). The van der Waals surface area contributed by atoms with E-state index in [2.05, 4.69) is 37.3 Å². The van der Waals surface area contributed by atoms with Crippen molar-refractivity contribution in [1.29, 1.82) is 0 Å². The molecule has 1 N–H and O–H groups in total. The predicted octanol–water partition coefficient (Wildman–Crippen LogP) is 3.88. The van der Waals surface area contributed by atoms with Crippen LogP contribution in [0.15, 0.2) is 36.7 Å². The number of carbonyl (C=O) groups is 1. The van der Waals surface area contributed by atoms with E-state index in [1.807, 2.05) is 36.0 Å². The van der Waals surface area contributed by atoms with Gasteiger partial charge in [0, 0.05) is 37.6 Å². The Labute approximate surface area is 156 Å². The first-order valence-electron chi connectivity index (χ1n) is 9.01. The summed E-state index contributed by atoms with van der Waals surface area (Å²) in [5.74, 6) is 0. The van der Waals surface area contributed by atoms with Gasteiger partial charge in [0.2, 0.25) is 0 Å². The van der Waals surface area contributed by atoms with E-state index in [1.54, 1.807) is 18.2 Å². The fourth-order valence-corrected chi connectivity index (χ4v) is 2.78. The van der Waals surface area contributed by atoms with E-state index in [0.717, 1.165) is 23.4 Å². The number of benzene rings is 1. The van der Waals surface area contributed by atoms with Gasteiger partial charge in [-0.1, -0.05) is 39.0 Å². The zero-order valence-electron chi connectivity index (χ0n) is 16.5. The SMILES string of the molecule is CCn1cc(CN(CCOC)C(=O)Nc2ccccc2C(C)(C)C)cn1. The molecule has 2 aromatic rings. The Hall–Kier alpha value is -2.34. The number of nitrogens with zero attached hydrogens (tertiary/aromatic N) is 3. The van der Waals surface area contributed by atoms with Crippen molar-refractivity contribution >= 4 is 11.7 Å². The summed E-state index contributed by atoms with van der Waals surface area (Å²) in [5.41, 5.74) is 2.90. The minimum atomic E-state index is -0.136. The average molecular weight is 358 g/mol. The number of carbonyl (C=O) groups excluding carboxylic acids is 1. The summed E-state index contributed by atoms with van der Waals surface area (Å²) in [6, 6.07) is 7.80. The van der Waals surface area contributed by atoms with E-state index >= 15 is 0 Å². The highest BCUT2D eigenvalue weighted by molar-refractivity contribution is 5.90. The minimum Gasteiger partial charge on any atom is -0.383 e. The number of aromatic nitrogens is 2. The van der Waals surface area contributed by atoms with Crippen molar-refractivity contribution in [1.82, 2.24) is 14.7 Å². The van der Waals surface area contributed by atoms with E-state index < -0.39 is 0 Å². The molecule has 0 saturated carbocycles. The fourth-order valence-electron chi connectivity index (χ4n) is 2.78. The van der Waals surface area contributed by atoms with Crippen molar-refractivity contribution in [3.05, 3.63) is 47.8 Å². The van der Waals surface area contributed by atoms with Crippen molar-refractivity contribution in [3.8, 4) is 0 Å². The molecule has 0 unspecified atom stereocenters. The Kier molecular flexibility index (Phi) is 6.80. The van der Waals surface area contributed by atoms with Crippen LogP contribution in [0.3, 0.4) is 0 Å². The van der Waals surface area contributed by atoms with Gasteiger partial charge < -0.3 is 15.0 Å². The van der Waals surface area contributed by atoms with E-state index in [9.17, 15) is 4.79 Å². The maximum Gasteiger partial charge on any atom is 0.322 e. The number of nitrogens with one attached hydrogen (secondary N) is 1. The summed E-state index contributed by atoms with van der Waals surface area (Å²) >= 11 is 0. The summed E-state index contributed by atoms with van der Waals surface area (Å²) in [4.78, 5) is 14.7. The number of methoxy groups -OCH3 is 1. The van der Waals surface area contributed by atoms with Gasteiger partial charge in [-0.2, -0.15) is 5.10 Å². The van der Waals surface area contributed by atoms with Crippen LogP contribution >= 0.6 is 0 Å². The standard InChI is InChI=1S/C20H30N4O2/c1-6-24-15-16(13-21-24)14-23(11-12-26-5)19(25)22-18-10-8-7-9-17(18)20(2,3)4/h7-10,13,15H,6,11-12,14H2,1-5H3,(H,22,25).